The molecule has 9 nitrogen and oxygen atoms in total. The first-order valence-corrected chi connectivity index (χ1v) is 8.14. The topological polar surface area (TPSA) is 112 Å². The molecule has 0 spiro atoms. The van der Waals surface area contributed by atoms with Crippen LogP contribution < -0.4 is 10.0 Å². The van der Waals surface area contributed by atoms with Gasteiger partial charge in [-0.3, -0.25) is 5.32 Å². The van der Waals surface area contributed by atoms with Crippen LogP contribution in [0.2, 0.25) is 5.02 Å². The molecule has 0 aliphatic carbocycles. The van der Waals surface area contributed by atoms with Gasteiger partial charge < -0.3 is 9.64 Å². The Morgan fingerprint density at radius 1 is 1.39 bits per heavy atom. The summed E-state index contributed by atoms with van der Waals surface area (Å²) in [5.41, 5.74) is 0. The van der Waals surface area contributed by atoms with Crippen LogP contribution in [0.3, 0.4) is 0 Å². The van der Waals surface area contributed by atoms with Gasteiger partial charge in [0.05, 0.1) is 5.02 Å². The number of urea groups is 1. The number of hydrogen-bond donors (Lipinski definition) is 2. The smallest absolute Gasteiger partial charge is 0.335 e. The first-order chi connectivity index (χ1) is 10.8. The average molecular weight is 360 g/mol. The molecular formula is C12H14ClN5O4S. The summed E-state index contributed by atoms with van der Waals surface area (Å²) < 4.78 is 31.2. The van der Waals surface area contributed by atoms with Gasteiger partial charge in [0, 0.05) is 14.2 Å². The van der Waals surface area contributed by atoms with Gasteiger partial charge >= 0.3 is 6.03 Å². The van der Waals surface area contributed by atoms with Crippen LogP contribution in [0.4, 0.5) is 4.79 Å². The summed E-state index contributed by atoms with van der Waals surface area (Å²) in [4.78, 5) is 20.9. The molecule has 1 aliphatic heterocycles. The van der Waals surface area contributed by atoms with Crippen LogP contribution in [0.15, 0.2) is 39.1 Å². The highest BCUT2D eigenvalue weighted by Crippen LogP contribution is 2.19. The van der Waals surface area contributed by atoms with Gasteiger partial charge in [-0.15, -0.1) is 0 Å². The fourth-order valence-corrected chi connectivity index (χ4v) is 3.17. The average Bonchev–Trinajstić information content (AvgIpc) is 2.49. The number of guanidine groups is 1. The highest BCUT2D eigenvalue weighted by Gasteiger charge is 2.24. The van der Waals surface area contributed by atoms with Gasteiger partial charge in [0.2, 0.25) is 12.3 Å². The highest BCUT2D eigenvalue weighted by molar-refractivity contribution is 7.90. The van der Waals surface area contributed by atoms with Gasteiger partial charge in [-0.25, -0.2) is 27.9 Å². The summed E-state index contributed by atoms with van der Waals surface area (Å²) in [5, 5.41) is 2.32. The molecule has 1 aliphatic rings. The van der Waals surface area contributed by atoms with E-state index >= 15 is 0 Å². The second kappa shape index (κ2) is 6.94. The number of halogens is 1. The van der Waals surface area contributed by atoms with Crippen molar-refractivity contribution in [3.63, 3.8) is 0 Å². The number of rotatable bonds is 3. The van der Waals surface area contributed by atoms with E-state index in [2.05, 4.69) is 15.3 Å². The molecule has 23 heavy (non-hydrogen) atoms. The Kier molecular flexibility index (Phi) is 5.19. The minimum absolute atomic E-state index is 0.00602. The third-order valence-corrected chi connectivity index (χ3v) is 4.66. The number of sulfonamides is 1. The molecule has 0 fully saturated rings. The van der Waals surface area contributed by atoms with Crippen molar-refractivity contribution >= 4 is 40.0 Å². The van der Waals surface area contributed by atoms with E-state index in [1.165, 1.54) is 36.5 Å². The first kappa shape index (κ1) is 17.2. The van der Waals surface area contributed by atoms with Crippen LogP contribution >= 0.6 is 11.6 Å². The van der Waals surface area contributed by atoms with Crippen molar-refractivity contribution in [3.8, 4) is 0 Å². The molecule has 0 radical (unpaired) electrons. The van der Waals surface area contributed by atoms with Crippen LogP contribution in [-0.4, -0.2) is 52.2 Å². The number of ether oxygens (including phenoxy) is 1. The monoisotopic (exact) mass is 359 g/mol. The van der Waals surface area contributed by atoms with E-state index in [0.29, 0.717) is 0 Å². The molecule has 0 saturated carbocycles. The van der Waals surface area contributed by atoms with Crippen LogP contribution in [0.25, 0.3) is 0 Å². The van der Waals surface area contributed by atoms with Gasteiger partial charge in [-0.2, -0.15) is 0 Å². The molecule has 2 amide bonds. The quantitative estimate of drug-likeness (QED) is 0.820. The third-order valence-electron chi connectivity index (χ3n) is 2.83. The maximum Gasteiger partial charge on any atom is 0.335 e. The molecule has 1 atom stereocenters. The molecule has 11 heteroatoms. The van der Waals surface area contributed by atoms with Gasteiger partial charge in [0.15, 0.2) is 0 Å². The van der Waals surface area contributed by atoms with Crippen LogP contribution in [0.1, 0.15) is 0 Å². The maximum absolute atomic E-state index is 12.1. The molecule has 0 aromatic heterocycles. The zero-order valence-electron chi connectivity index (χ0n) is 12.2. The van der Waals surface area contributed by atoms with Crippen molar-refractivity contribution in [1.29, 1.82) is 0 Å². The van der Waals surface area contributed by atoms with Crippen molar-refractivity contribution in [3.05, 3.63) is 29.3 Å². The second-order valence-corrected chi connectivity index (χ2v) is 6.44. The van der Waals surface area contributed by atoms with Crippen LogP contribution in [-0.2, 0) is 14.8 Å². The molecule has 2 N–H and O–H groups in total. The number of carbonyl (C=O) groups is 1. The summed E-state index contributed by atoms with van der Waals surface area (Å²) in [6, 6.07) is 4.79. The number of hydrogen-bond acceptors (Lipinski definition) is 7. The van der Waals surface area contributed by atoms with Crippen molar-refractivity contribution in [2.75, 3.05) is 14.2 Å². The molecule has 124 valence electrons. The molecule has 0 saturated heterocycles. The number of nitrogens with zero attached hydrogens (tertiary/aromatic N) is 3. The van der Waals surface area contributed by atoms with E-state index in [-0.39, 0.29) is 15.9 Å². The van der Waals surface area contributed by atoms with E-state index in [9.17, 15) is 13.2 Å². The minimum Gasteiger partial charge on any atom is -0.342 e. The van der Waals surface area contributed by atoms with Crippen molar-refractivity contribution in [1.82, 2.24) is 14.9 Å². The van der Waals surface area contributed by atoms with Gasteiger partial charge in [-0.1, -0.05) is 23.7 Å². The van der Waals surface area contributed by atoms with E-state index in [1.807, 2.05) is 4.72 Å². The van der Waals surface area contributed by atoms with Crippen LogP contribution in [0.5, 0.6) is 0 Å². The number of methoxy groups -OCH3 is 1. The predicted molar refractivity (Wildman–Crippen MR) is 84.8 cm³/mol. The van der Waals surface area contributed by atoms with E-state index in [0.717, 1.165) is 0 Å². The standard InChI is InChI=1S/C12H14ClN5O4S/c1-18-10(14-7-15-12(18)22-2)16-11(19)17-23(20,21)9-6-4-3-5-8(9)13/h3-7,12H,1-2H3,(H2,14,15,16,17,19). The molecule has 1 aromatic rings. The molecule has 2 rings (SSSR count). The van der Waals surface area contributed by atoms with E-state index in [4.69, 9.17) is 16.3 Å². The summed E-state index contributed by atoms with van der Waals surface area (Å²) in [5.74, 6) is 0.0821. The second-order valence-electron chi connectivity index (χ2n) is 4.38. The fraction of sp³-hybridized carbons (Fsp3) is 0.250. The fourth-order valence-electron chi connectivity index (χ4n) is 1.75. The Labute approximate surface area is 138 Å². The van der Waals surface area contributed by atoms with Crippen LogP contribution in [0, 0.1) is 0 Å². The predicted octanol–water partition coefficient (Wildman–Crippen LogP) is 0.588. The maximum atomic E-state index is 12.1. The van der Waals surface area contributed by atoms with Crippen molar-refractivity contribution in [2.45, 2.75) is 11.2 Å². The normalized spacial score (nSPS) is 17.6. The lowest BCUT2D eigenvalue weighted by molar-refractivity contribution is 0.0245. The Balaban J connectivity index is 2.10. The van der Waals surface area contributed by atoms with E-state index < -0.39 is 22.4 Å². The number of benzene rings is 1. The minimum atomic E-state index is -4.11. The number of nitrogens with one attached hydrogen (secondary N) is 2. The lowest BCUT2D eigenvalue weighted by atomic mass is 10.4. The molecular weight excluding hydrogens is 346 g/mol. The number of amides is 2. The summed E-state index contributed by atoms with van der Waals surface area (Å²) >= 11 is 5.83. The lowest BCUT2D eigenvalue weighted by Crippen LogP contribution is -2.52. The summed E-state index contributed by atoms with van der Waals surface area (Å²) in [6.45, 7) is 0. The Morgan fingerprint density at radius 3 is 2.74 bits per heavy atom. The summed E-state index contributed by atoms with van der Waals surface area (Å²) in [6.07, 6.45) is 0.537. The highest BCUT2D eigenvalue weighted by atomic mass is 35.5. The number of carbonyl (C=O) groups excluding carboxylic acids is 1. The largest absolute Gasteiger partial charge is 0.342 e. The first-order valence-electron chi connectivity index (χ1n) is 6.28. The lowest BCUT2D eigenvalue weighted by Gasteiger charge is -2.28. The molecule has 0 bridgehead atoms. The van der Waals surface area contributed by atoms with Gasteiger partial charge in [0.1, 0.15) is 11.2 Å². The van der Waals surface area contributed by atoms with Gasteiger partial charge in [-0.05, 0) is 12.1 Å². The Hall–Kier alpha value is -2.17. The Morgan fingerprint density at radius 2 is 2.09 bits per heavy atom. The van der Waals surface area contributed by atoms with Crippen molar-refractivity contribution < 1.29 is 17.9 Å². The van der Waals surface area contributed by atoms with Gasteiger partial charge in [0.25, 0.3) is 10.0 Å². The third kappa shape index (κ3) is 3.97. The van der Waals surface area contributed by atoms with E-state index in [1.54, 1.807) is 13.1 Å². The van der Waals surface area contributed by atoms with Crippen molar-refractivity contribution in [2.24, 2.45) is 9.98 Å². The summed E-state index contributed by atoms with van der Waals surface area (Å²) in [7, 11) is -1.10. The molecule has 1 aromatic carbocycles. The SMILES string of the molecule is COC1N=CN=C(NC(=O)NS(=O)(=O)c2ccccc2Cl)N1C. The Bertz CT molecular complexity index is 764. The molecule has 1 unspecified atom stereocenters. The zero-order valence-corrected chi connectivity index (χ0v) is 13.8. The zero-order chi connectivity index (χ0) is 17.0. The number of aliphatic imine (C=N–C) groups is 2. The molecule has 1 heterocycles.